The third-order valence-electron chi connectivity index (χ3n) is 1.53. The minimum atomic E-state index is -1.09. The minimum absolute atomic E-state index is 0. The number of nitrogens with one attached hydrogen (secondary N) is 1. The van der Waals surface area contributed by atoms with E-state index < -0.39 is 5.97 Å². The van der Waals surface area contributed by atoms with Gasteiger partial charge in [-0.1, -0.05) is 0 Å². The summed E-state index contributed by atoms with van der Waals surface area (Å²) in [4.78, 5) is 21.7. The summed E-state index contributed by atoms with van der Waals surface area (Å²) in [6.07, 6.45) is 0. The molecule has 0 bridgehead atoms. The van der Waals surface area contributed by atoms with Gasteiger partial charge in [0.25, 0.3) is 0 Å². The summed E-state index contributed by atoms with van der Waals surface area (Å²) >= 11 is 1.18. The van der Waals surface area contributed by atoms with E-state index in [1.54, 1.807) is 24.3 Å². The standard InChI is InChI=1S/C10H11NO3S.Na/c1-7(12)11-8-2-4-9(5-3-8)15-6-10(13)14;/h2-5H,6H2,1H3,(H,11,12)(H,13,14);/q;+1/p-1. The van der Waals surface area contributed by atoms with Crippen molar-refractivity contribution in [2.45, 2.75) is 11.8 Å². The fourth-order valence-corrected chi connectivity index (χ4v) is 1.59. The van der Waals surface area contributed by atoms with Crippen molar-refractivity contribution < 1.29 is 44.3 Å². The molecule has 0 saturated heterocycles. The van der Waals surface area contributed by atoms with Crippen molar-refractivity contribution in [3.8, 4) is 0 Å². The van der Waals surface area contributed by atoms with Crippen LogP contribution in [0.3, 0.4) is 0 Å². The first-order chi connectivity index (χ1) is 7.08. The Labute approximate surface area is 120 Å². The molecule has 80 valence electrons. The Kier molecular flexibility index (Phi) is 7.49. The summed E-state index contributed by atoms with van der Waals surface area (Å²) in [6, 6.07) is 6.94. The molecule has 4 nitrogen and oxygen atoms in total. The summed E-state index contributed by atoms with van der Waals surface area (Å²) in [7, 11) is 0. The molecule has 16 heavy (non-hydrogen) atoms. The Bertz CT molecular complexity index is 367. The minimum Gasteiger partial charge on any atom is -0.549 e. The molecule has 1 rings (SSSR count). The number of benzene rings is 1. The van der Waals surface area contributed by atoms with E-state index in [1.807, 2.05) is 0 Å². The first kappa shape index (κ1) is 15.5. The fourth-order valence-electron chi connectivity index (χ4n) is 0.980. The van der Waals surface area contributed by atoms with Crippen LogP contribution in [0.5, 0.6) is 0 Å². The van der Waals surface area contributed by atoms with E-state index in [9.17, 15) is 14.7 Å². The van der Waals surface area contributed by atoms with E-state index in [1.165, 1.54) is 18.7 Å². The average molecular weight is 247 g/mol. The number of amides is 1. The van der Waals surface area contributed by atoms with Gasteiger partial charge in [-0.05, 0) is 24.3 Å². The quantitative estimate of drug-likeness (QED) is 0.471. The molecule has 0 heterocycles. The molecule has 1 aromatic rings. The molecule has 0 spiro atoms. The summed E-state index contributed by atoms with van der Waals surface area (Å²) in [5, 5.41) is 12.8. The molecule has 0 aromatic heterocycles. The van der Waals surface area contributed by atoms with Gasteiger partial charge in [-0.15, -0.1) is 11.8 Å². The van der Waals surface area contributed by atoms with Crippen LogP contribution in [0.25, 0.3) is 0 Å². The number of carboxylic acid groups (broad SMARTS) is 1. The number of thioether (sulfide) groups is 1. The van der Waals surface area contributed by atoms with Crippen LogP contribution in [0, 0.1) is 0 Å². The topological polar surface area (TPSA) is 69.2 Å². The first-order valence-electron chi connectivity index (χ1n) is 4.28. The van der Waals surface area contributed by atoms with Crippen molar-refractivity contribution in [1.82, 2.24) is 0 Å². The van der Waals surface area contributed by atoms with E-state index in [0.29, 0.717) is 5.69 Å². The smallest absolute Gasteiger partial charge is 0.549 e. The first-order valence-corrected chi connectivity index (χ1v) is 5.27. The van der Waals surface area contributed by atoms with E-state index in [2.05, 4.69) is 5.32 Å². The normalized spacial score (nSPS) is 9.06. The van der Waals surface area contributed by atoms with Crippen molar-refractivity contribution >= 4 is 29.3 Å². The summed E-state index contributed by atoms with van der Waals surface area (Å²) in [5.74, 6) is -1.30. The number of carboxylic acids is 1. The number of hydrogen-bond donors (Lipinski definition) is 1. The zero-order valence-electron chi connectivity index (χ0n) is 9.15. The van der Waals surface area contributed by atoms with Crippen LogP contribution in [0.2, 0.25) is 0 Å². The van der Waals surface area contributed by atoms with Crippen molar-refractivity contribution in [3.05, 3.63) is 24.3 Å². The SMILES string of the molecule is CC(=O)Nc1ccc(SCC(=O)[O-])cc1.[Na+]. The zero-order valence-corrected chi connectivity index (χ0v) is 12.0. The van der Waals surface area contributed by atoms with Gasteiger partial charge in [-0.2, -0.15) is 0 Å². The molecular formula is C10H10NNaO3S. The second-order valence-corrected chi connectivity index (χ2v) is 3.92. The maximum atomic E-state index is 10.7. The van der Waals surface area contributed by atoms with E-state index in [4.69, 9.17) is 0 Å². The molecule has 0 aliphatic carbocycles. The van der Waals surface area contributed by atoms with Gasteiger partial charge in [-0.3, -0.25) is 4.79 Å². The van der Waals surface area contributed by atoms with Gasteiger partial charge in [0.05, 0.1) is 5.97 Å². The zero-order chi connectivity index (χ0) is 11.3. The number of rotatable bonds is 4. The van der Waals surface area contributed by atoms with Crippen LogP contribution in [0.4, 0.5) is 5.69 Å². The average Bonchev–Trinajstić information content (AvgIpc) is 2.16. The number of carbonyl (C=O) groups excluding carboxylic acids is 2. The molecule has 0 unspecified atom stereocenters. The Hall–Kier alpha value is -0.490. The molecule has 0 fully saturated rings. The second-order valence-electron chi connectivity index (χ2n) is 2.87. The van der Waals surface area contributed by atoms with Crippen LogP contribution >= 0.6 is 11.8 Å². The molecule has 1 amide bonds. The Morgan fingerprint density at radius 1 is 1.31 bits per heavy atom. The van der Waals surface area contributed by atoms with Gasteiger partial charge < -0.3 is 15.2 Å². The number of hydrogen-bond acceptors (Lipinski definition) is 4. The van der Waals surface area contributed by atoms with E-state index in [-0.39, 0.29) is 41.2 Å². The summed E-state index contributed by atoms with van der Waals surface area (Å²) < 4.78 is 0. The van der Waals surface area contributed by atoms with Gasteiger partial charge in [0.2, 0.25) is 5.91 Å². The van der Waals surface area contributed by atoms with Gasteiger partial charge >= 0.3 is 29.6 Å². The Morgan fingerprint density at radius 3 is 2.31 bits per heavy atom. The molecular weight excluding hydrogens is 237 g/mol. The number of carbonyl (C=O) groups is 2. The molecule has 1 N–H and O–H groups in total. The fraction of sp³-hybridized carbons (Fsp3) is 0.200. The van der Waals surface area contributed by atoms with Gasteiger partial charge in [-0.25, -0.2) is 0 Å². The van der Waals surface area contributed by atoms with Crippen LogP contribution in [0.1, 0.15) is 6.92 Å². The maximum absolute atomic E-state index is 10.7. The monoisotopic (exact) mass is 247 g/mol. The van der Waals surface area contributed by atoms with Gasteiger partial charge in [0, 0.05) is 23.3 Å². The number of anilines is 1. The van der Waals surface area contributed by atoms with Crippen molar-refractivity contribution in [3.63, 3.8) is 0 Å². The van der Waals surface area contributed by atoms with Crippen molar-refractivity contribution in [2.75, 3.05) is 11.1 Å². The molecule has 6 heteroatoms. The second kappa shape index (κ2) is 7.73. The maximum Gasteiger partial charge on any atom is 1.00 e. The predicted molar refractivity (Wildman–Crippen MR) is 56.5 cm³/mol. The predicted octanol–water partition coefficient (Wildman–Crippen LogP) is -2.51. The molecule has 0 saturated carbocycles. The largest absolute Gasteiger partial charge is 1.00 e. The van der Waals surface area contributed by atoms with Gasteiger partial charge in [0.1, 0.15) is 0 Å². The molecule has 0 aliphatic rings. The van der Waals surface area contributed by atoms with Crippen molar-refractivity contribution in [1.29, 1.82) is 0 Å². The molecule has 0 aliphatic heterocycles. The van der Waals surface area contributed by atoms with Crippen LogP contribution in [-0.4, -0.2) is 17.6 Å². The van der Waals surface area contributed by atoms with E-state index >= 15 is 0 Å². The molecule has 0 radical (unpaired) electrons. The number of aliphatic carboxylic acids is 1. The Morgan fingerprint density at radius 2 is 1.88 bits per heavy atom. The Balaban J connectivity index is 0.00000225. The summed E-state index contributed by atoms with van der Waals surface area (Å²) in [6.45, 7) is 1.43. The summed E-state index contributed by atoms with van der Waals surface area (Å²) in [5.41, 5.74) is 0.695. The molecule has 0 atom stereocenters. The van der Waals surface area contributed by atoms with Crippen LogP contribution < -0.4 is 40.0 Å². The van der Waals surface area contributed by atoms with Crippen LogP contribution in [-0.2, 0) is 9.59 Å². The van der Waals surface area contributed by atoms with Gasteiger partial charge in [0.15, 0.2) is 0 Å². The van der Waals surface area contributed by atoms with E-state index in [0.717, 1.165) is 4.90 Å². The molecule has 1 aromatic carbocycles. The third kappa shape index (κ3) is 6.17. The third-order valence-corrected chi connectivity index (χ3v) is 2.52. The van der Waals surface area contributed by atoms with Crippen molar-refractivity contribution in [2.24, 2.45) is 0 Å². The van der Waals surface area contributed by atoms with Crippen LogP contribution in [0.15, 0.2) is 29.2 Å².